The van der Waals surface area contributed by atoms with Crippen LogP contribution in [0.15, 0.2) is 18.2 Å². The number of likely N-dealkylation sites (N-methyl/N-ethyl adjacent to an activating group) is 1. The molecule has 2 saturated heterocycles. The number of ether oxygens (including phenoxy) is 3. The van der Waals surface area contributed by atoms with Crippen LogP contribution in [0.25, 0.3) is 0 Å². The summed E-state index contributed by atoms with van der Waals surface area (Å²) in [4.78, 5) is 17.2. The summed E-state index contributed by atoms with van der Waals surface area (Å²) < 4.78 is 16.4. The average Bonchev–Trinajstić information content (AvgIpc) is 2.59. The largest absolute Gasteiger partial charge is 0.493 e. The second-order valence-electron chi connectivity index (χ2n) is 6.10. The van der Waals surface area contributed by atoms with Crippen molar-refractivity contribution in [2.45, 2.75) is 18.6 Å². The molecule has 23 heavy (non-hydrogen) atoms. The Morgan fingerprint density at radius 1 is 1.22 bits per heavy atom. The number of likely N-dealkylation sites (tertiary alicyclic amines) is 1. The molecule has 2 atom stereocenters. The number of hydrogen-bond acceptors (Lipinski definition) is 5. The van der Waals surface area contributed by atoms with E-state index in [1.807, 2.05) is 4.90 Å². The Labute approximate surface area is 136 Å². The highest BCUT2D eigenvalue weighted by atomic mass is 16.5. The Bertz CT molecular complexity index is 578. The van der Waals surface area contributed by atoms with Crippen molar-refractivity contribution >= 4 is 5.91 Å². The molecule has 2 aliphatic heterocycles. The summed E-state index contributed by atoms with van der Waals surface area (Å²) in [6.07, 6.45) is 1.11. The zero-order valence-corrected chi connectivity index (χ0v) is 13.9. The van der Waals surface area contributed by atoms with Gasteiger partial charge in [-0.1, -0.05) is 0 Å². The van der Waals surface area contributed by atoms with Gasteiger partial charge in [-0.05, 0) is 31.7 Å². The third-order valence-corrected chi connectivity index (χ3v) is 4.68. The molecule has 3 rings (SSSR count). The molecule has 126 valence electrons. The molecule has 2 heterocycles. The summed E-state index contributed by atoms with van der Waals surface area (Å²) in [6.45, 7) is 3.09. The topological polar surface area (TPSA) is 51.2 Å². The second kappa shape index (κ2) is 6.76. The van der Waals surface area contributed by atoms with Crippen molar-refractivity contribution in [3.05, 3.63) is 23.8 Å². The molecule has 1 amide bonds. The van der Waals surface area contributed by atoms with Crippen LogP contribution in [0.1, 0.15) is 16.8 Å². The number of benzene rings is 1. The lowest BCUT2D eigenvalue weighted by Crippen LogP contribution is -2.60. The van der Waals surface area contributed by atoms with Crippen molar-refractivity contribution < 1.29 is 19.0 Å². The fraction of sp³-hybridized carbons (Fsp3) is 0.588. The van der Waals surface area contributed by atoms with Crippen LogP contribution >= 0.6 is 0 Å². The number of hydrogen-bond donors (Lipinski definition) is 0. The lowest BCUT2D eigenvalue weighted by atomic mass is 9.98. The first-order valence-corrected chi connectivity index (χ1v) is 7.97. The molecule has 0 N–H and O–H groups in total. The molecule has 6 nitrogen and oxygen atoms in total. The maximum absolute atomic E-state index is 13.0. The van der Waals surface area contributed by atoms with Crippen LogP contribution in [-0.4, -0.2) is 75.4 Å². The van der Waals surface area contributed by atoms with Gasteiger partial charge >= 0.3 is 0 Å². The summed E-state index contributed by atoms with van der Waals surface area (Å²) in [5, 5.41) is 0. The quantitative estimate of drug-likeness (QED) is 0.839. The van der Waals surface area contributed by atoms with E-state index in [-0.39, 0.29) is 18.1 Å². The Morgan fingerprint density at radius 2 is 2.00 bits per heavy atom. The molecule has 0 aliphatic carbocycles. The van der Waals surface area contributed by atoms with Crippen molar-refractivity contribution in [2.75, 3.05) is 47.5 Å². The van der Waals surface area contributed by atoms with Gasteiger partial charge in [0.05, 0.1) is 33.0 Å². The van der Waals surface area contributed by atoms with Crippen LogP contribution in [0.3, 0.4) is 0 Å². The van der Waals surface area contributed by atoms with Gasteiger partial charge in [-0.15, -0.1) is 0 Å². The number of nitrogens with zero attached hydrogens (tertiary/aromatic N) is 2. The van der Waals surface area contributed by atoms with E-state index in [9.17, 15) is 4.79 Å². The van der Waals surface area contributed by atoms with E-state index in [4.69, 9.17) is 14.2 Å². The second-order valence-corrected chi connectivity index (χ2v) is 6.10. The van der Waals surface area contributed by atoms with Crippen LogP contribution in [0.5, 0.6) is 11.5 Å². The summed E-state index contributed by atoms with van der Waals surface area (Å²) >= 11 is 0. The van der Waals surface area contributed by atoms with Gasteiger partial charge in [0.2, 0.25) is 0 Å². The third kappa shape index (κ3) is 3.14. The van der Waals surface area contributed by atoms with E-state index in [0.29, 0.717) is 30.2 Å². The number of fused-ring (bicyclic) bond motifs is 1. The number of methoxy groups -OCH3 is 2. The minimum absolute atomic E-state index is 0.0274. The van der Waals surface area contributed by atoms with Gasteiger partial charge in [0, 0.05) is 25.2 Å². The van der Waals surface area contributed by atoms with Crippen molar-refractivity contribution in [1.82, 2.24) is 9.80 Å². The van der Waals surface area contributed by atoms with E-state index in [1.165, 1.54) is 0 Å². The summed E-state index contributed by atoms with van der Waals surface area (Å²) in [5.74, 6) is 1.23. The molecule has 2 fully saturated rings. The third-order valence-electron chi connectivity index (χ3n) is 4.68. The Balaban J connectivity index is 1.83. The lowest BCUT2D eigenvalue weighted by Gasteiger charge is -2.46. The highest BCUT2D eigenvalue weighted by Crippen LogP contribution is 2.30. The molecule has 0 radical (unpaired) electrons. The minimum Gasteiger partial charge on any atom is -0.493 e. The van der Waals surface area contributed by atoms with Crippen LogP contribution in [0, 0.1) is 0 Å². The van der Waals surface area contributed by atoms with Crippen molar-refractivity contribution in [3.8, 4) is 11.5 Å². The molecule has 1 aromatic rings. The molecular weight excluding hydrogens is 296 g/mol. The minimum atomic E-state index is 0.0274. The molecule has 0 unspecified atom stereocenters. The highest BCUT2D eigenvalue weighted by molar-refractivity contribution is 5.95. The van der Waals surface area contributed by atoms with Gasteiger partial charge in [0.15, 0.2) is 11.5 Å². The van der Waals surface area contributed by atoms with Gasteiger partial charge in [-0.25, -0.2) is 0 Å². The van der Waals surface area contributed by atoms with Gasteiger partial charge in [-0.2, -0.15) is 0 Å². The molecule has 0 bridgehead atoms. The standard InChI is InChI=1S/C17H24N2O4/c1-18-7-6-14-13(11-18)19(8-9-23-14)17(20)12-4-5-15(21-2)16(10-12)22-3/h4-5,10,13-14H,6-9,11H2,1-3H3/t13-,14-/m0/s1. The van der Waals surface area contributed by atoms with Crippen molar-refractivity contribution in [2.24, 2.45) is 0 Å². The number of rotatable bonds is 3. The molecule has 0 aromatic heterocycles. The van der Waals surface area contributed by atoms with Crippen molar-refractivity contribution in [1.29, 1.82) is 0 Å². The van der Waals surface area contributed by atoms with E-state index in [2.05, 4.69) is 11.9 Å². The molecule has 6 heteroatoms. The Morgan fingerprint density at radius 3 is 2.74 bits per heavy atom. The summed E-state index contributed by atoms with van der Waals surface area (Å²) in [7, 11) is 5.25. The first kappa shape index (κ1) is 16.1. The van der Waals surface area contributed by atoms with Gasteiger partial charge in [-0.3, -0.25) is 4.79 Å². The smallest absolute Gasteiger partial charge is 0.254 e. The maximum atomic E-state index is 13.0. The average molecular weight is 320 g/mol. The number of carbonyl (C=O) groups is 1. The van der Waals surface area contributed by atoms with E-state index in [1.54, 1.807) is 32.4 Å². The van der Waals surface area contributed by atoms with E-state index < -0.39 is 0 Å². The Kier molecular flexibility index (Phi) is 4.73. The van der Waals surface area contributed by atoms with Crippen LogP contribution < -0.4 is 9.47 Å². The van der Waals surface area contributed by atoms with E-state index >= 15 is 0 Å². The normalized spacial score (nSPS) is 24.9. The maximum Gasteiger partial charge on any atom is 0.254 e. The van der Waals surface area contributed by atoms with Crippen LogP contribution in [0.2, 0.25) is 0 Å². The van der Waals surface area contributed by atoms with Crippen molar-refractivity contribution in [3.63, 3.8) is 0 Å². The monoisotopic (exact) mass is 320 g/mol. The van der Waals surface area contributed by atoms with Crippen LogP contribution in [0.4, 0.5) is 0 Å². The molecule has 1 aromatic carbocycles. The van der Waals surface area contributed by atoms with Crippen LogP contribution in [-0.2, 0) is 4.74 Å². The zero-order valence-electron chi connectivity index (χ0n) is 13.9. The zero-order chi connectivity index (χ0) is 16.4. The fourth-order valence-corrected chi connectivity index (χ4v) is 3.42. The van der Waals surface area contributed by atoms with E-state index in [0.717, 1.165) is 19.5 Å². The number of carbonyl (C=O) groups excluding carboxylic acids is 1. The van der Waals surface area contributed by atoms with Gasteiger partial charge in [0.25, 0.3) is 5.91 Å². The molecule has 2 aliphatic rings. The predicted molar refractivity (Wildman–Crippen MR) is 86.2 cm³/mol. The number of piperidine rings is 1. The molecule has 0 spiro atoms. The fourth-order valence-electron chi connectivity index (χ4n) is 3.42. The van der Waals surface area contributed by atoms with Gasteiger partial charge < -0.3 is 24.0 Å². The summed E-state index contributed by atoms with van der Waals surface area (Å²) in [5.41, 5.74) is 0.622. The highest BCUT2D eigenvalue weighted by Gasteiger charge is 2.38. The molecular formula is C17H24N2O4. The predicted octanol–water partition coefficient (Wildman–Crippen LogP) is 1.25. The first-order chi connectivity index (χ1) is 11.1. The van der Waals surface area contributed by atoms with Gasteiger partial charge in [0.1, 0.15) is 0 Å². The molecule has 0 saturated carbocycles. The number of amides is 1. The number of morpholine rings is 1. The SMILES string of the molecule is COc1ccc(C(=O)N2CCO[C@H]3CCN(C)C[C@@H]32)cc1OC. The first-order valence-electron chi connectivity index (χ1n) is 7.97. The summed E-state index contributed by atoms with van der Waals surface area (Å²) in [6, 6.07) is 5.43. The Hall–Kier alpha value is -1.79. The lowest BCUT2D eigenvalue weighted by molar-refractivity contribution is -0.0869.